The van der Waals surface area contributed by atoms with Crippen molar-refractivity contribution in [2.45, 2.75) is 53.9 Å². The van der Waals surface area contributed by atoms with Crippen molar-refractivity contribution in [3.8, 4) is 5.75 Å². The van der Waals surface area contributed by atoms with Crippen molar-refractivity contribution < 1.29 is 75.2 Å². The smallest absolute Gasteiger partial charge is 0.870 e. The molecular formula is C14H24Na2O3. The summed E-state index contributed by atoms with van der Waals surface area (Å²) in [6, 6.07) is 0. The number of hydrogen-bond acceptors (Lipinski definition) is 3. The normalized spacial score (nSPS) is 8.47. The largest absolute Gasteiger partial charge is 1.00 e. The molecule has 0 heterocycles. The van der Waals surface area contributed by atoms with Gasteiger partial charge in [-0.3, -0.25) is 0 Å². The van der Waals surface area contributed by atoms with Crippen LogP contribution in [0.15, 0.2) is 0 Å². The van der Waals surface area contributed by atoms with Crippen LogP contribution >= 0.6 is 0 Å². The average Bonchev–Trinajstić information content (AvgIpc) is 2.24. The minimum Gasteiger partial charge on any atom is -0.870 e. The Morgan fingerprint density at radius 3 is 1.63 bits per heavy atom. The van der Waals surface area contributed by atoms with E-state index in [4.69, 9.17) is 0 Å². The van der Waals surface area contributed by atoms with Gasteiger partial charge in [0, 0.05) is 0 Å². The van der Waals surface area contributed by atoms with Gasteiger partial charge >= 0.3 is 59.1 Å². The Hall–Kier alpha value is 0.940. The van der Waals surface area contributed by atoms with Crippen molar-refractivity contribution in [1.82, 2.24) is 0 Å². The molecule has 0 aliphatic carbocycles. The summed E-state index contributed by atoms with van der Waals surface area (Å²) < 4.78 is 0. The predicted octanol–water partition coefficient (Wildman–Crippen LogP) is -2.38. The van der Waals surface area contributed by atoms with E-state index in [1.165, 1.54) is 23.1 Å². The summed E-state index contributed by atoms with van der Waals surface area (Å²) in [5, 5.41) is 10.1. The molecule has 1 aromatic carbocycles. The number of aromatic hydroxyl groups is 1. The van der Waals surface area contributed by atoms with E-state index in [1.54, 1.807) is 0 Å². The molecule has 5 heteroatoms. The third kappa shape index (κ3) is 6.49. The fraction of sp³-hybridized carbons (Fsp3) is 0.571. The molecule has 0 fully saturated rings. The van der Waals surface area contributed by atoms with Crippen LogP contribution in [0.4, 0.5) is 0 Å². The van der Waals surface area contributed by atoms with Gasteiger partial charge in [-0.05, 0) is 68.4 Å². The summed E-state index contributed by atoms with van der Waals surface area (Å²) in [6.07, 6.45) is 3.32. The predicted molar refractivity (Wildman–Crippen MR) is 69.5 cm³/mol. The second kappa shape index (κ2) is 12.7. The first kappa shape index (κ1) is 28.2. The first-order chi connectivity index (χ1) is 7.00. The molecule has 1 rings (SSSR count). The van der Waals surface area contributed by atoms with Crippen LogP contribution in [0.2, 0.25) is 0 Å². The number of rotatable bonds is 3. The van der Waals surface area contributed by atoms with Gasteiger partial charge in [0.2, 0.25) is 0 Å². The first-order valence-electron chi connectivity index (χ1n) is 5.78. The summed E-state index contributed by atoms with van der Waals surface area (Å²) in [7, 11) is 0. The summed E-state index contributed by atoms with van der Waals surface area (Å²) in [5.74, 6) is 0.518. The van der Waals surface area contributed by atoms with E-state index < -0.39 is 0 Å². The van der Waals surface area contributed by atoms with Crippen LogP contribution in [0, 0.1) is 27.7 Å². The summed E-state index contributed by atoms with van der Waals surface area (Å²) in [6.45, 7) is 10.5. The van der Waals surface area contributed by atoms with Crippen molar-refractivity contribution in [2.24, 2.45) is 0 Å². The summed E-state index contributed by atoms with van der Waals surface area (Å²) in [4.78, 5) is 0. The van der Waals surface area contributed by atoms with Gasteiger partial charge in [0.1, 0.15) is 5.75 Å². The zero-order valence-electron chi connectivity index (χ0n) is 13.5. The van der Waals surface area contributed by atoms with E-state index in [1.807, 2.05) is 6.92 Å². The van der Waals surface area contributed by atoms with Gasteiger partial charge in [-0.1, -0.05) is 13.3 Å². The standard InChI is InChI=1S/C14H22O.2Na.2H2O/c1-6-7-8-13-11(4)9(2)10(3)12(5)14(13)15;;;;/h15H,6-8H2,1-5H3;;;2*1H2/q;2*+1;;/p-2. The number of unbranched alkanes of at least 4 members (excludes halogenated alkanes) is 1. The number of benzene rings is 1. The molecule has 100 valence electrons. The Balaban J connectivity index is -0.000000281. The fourth-order valence-corrected chi connectivity index (χ4v) is 2.03. The van der Waals surface area contributed by atoms with Gasteiger partial charge in [-0.2, -0.15) is 0 Å². The van der Waals surface area contributed by atoms with E-state index in [-0.39, 0.29) is 70.1 Å². The molecular weight excluding hydrogens is 262 g/mol. The first-order valence-corrected chi connectivity index (χ1v) is 5.78. The van der Waals surface area contributed by atoms with E-state index in [9.17, 15) is 5.11 Å². The molecule has 0 unspecified atom stereocenters. The van der Waals surface area contributed by atoms with Crippen LogP contribution in [0.3, 0.4) is 0 Å². The molecule has 0 atom stereocenters. The SMILES string of the molecule is CCCCc1c(C)c(C)c(C)c(C)c1O.[Na+].[Na+].[OH-].[OH-]. The number of phenolic OH excluding ortho intramolecular Hbond substituents is 1. The zero-order chi connectivity index (χ0) is 11.6. The number of hydrogen-bond donors (Lipinski definition) is 1. The van der Waals surface area contributed by atoms with Gasteiger partial charge in [0.25, 0.3) is 0 Å². The Morgan fingerprint density at radius 1 is 0.789 bits per heavy atom. The third-order valence-corrected chi connectivity index (χ3v) is 3.56. The molecule has 1 aromatic rings. The molecule has 0 amide bonds. The van der Waals surface area contributed by atoms with Crippen molar-refractivity contribution in [1.29, 1.82) is 0 Å². The van der Waals surface area contributed by atoms with E-state index >= 15 is 0 Å². The van der Waals surface area contributed by atoms with Crippen molar-refractivity contribution in [3.63, 3.8) is 0 Å². The maximum absolute atomic E-state index is 10.1. The quantitative estimate of drug-likeness (QED) is 0.630. The van der Waals surface area contributed by atoms with Gasteiger partial charge in [-0.25, -0.2) is 0 Å². The number of phenols is 1. The van der Waals surface area contributed by atoms with Gasteiger partial charge in [0.05, 0.1) is 0 Å². The van der Waals surface area contributed by atoms with Crippen LogP contribution in [0.25, 0.3) is 0 Å². The summed E-state index contributed by atoms with van der Waals surface area (Å²) >= 11 is 0. The fourth-order valence-electron chi connectivity index (χ4n) is 2.03. The zero-order valence-corrected chi connectivity index (χ0v) is 17.5. The molecule has 0 aliphatic rings. The van der Waals surface area contributed by atoms with Crippen molar-refractivity contribution >= 4 is 0 Å². The van der Waals surface area contributed by atoms with Crippen molar-refractivity contribution in [2.75, 3.05) is 0 Å². The topological polar surface area (TPSA) is 80.2 Å². The Kier molecular flexibility index (Phi) is 18.8. The molecule has 3 N–H and O–H groups in total. The van der Waals surface area contributed by atoms with Gasteiger partial charge < -0.3 is 16.1 Å². The molecule has 0 aliphatic heterocycles. The molecule has 0 saturated heterocycles. The Morgan fingerprint density at radius 2 is 1.21 bits per heavy atom. The van der Waals surface area contributed by atoms with E-state index in [2.05, 4.69) is 27.7 Å². The second-order valence-corrected chi connectivity index (χ2v) is 4.43. The monoisotopic (exact) mass is 286 g/mol. The van der Waals surface area contributed by atoms with Crippen LogP contribution < -0.4 is 59.1 Å². The Labute approximate surface area is 161 Å². The van der Waals surface area contributed by atoms with Gasteiger partial charge in [-0.15, -0.1) is 0 Å². The van der Waals surface area contributed by atoms with Crippen molar-refractivity contribution in [3.05, 3.63) is 27.8 Å². The van der Waals surface area contributed by atoms with Crippen LogP contribution in [-0.2, 0) is 6.42 Å². The van der Waals surface area contributed by atoms with Crippen LogP contribution in [0.5, 0.6) is 5.75 Å². The molecule has 19 heavy (non-hydrogen) atoms. The average molecular weight is 286 g/mol. The van der Waals surface area contributed by atoms with E-state index in [0.29, 0.717) is 5.75 Å². The maximum atomic E-state index is 10.1. The molecule has 0 aromatic heterocycles. The van der Waals surface area contributed by atoms with Crippen LogP contribution in [0.1, 0.15) is 47.6 Å². The van der Waals surface area contributed by atoms with Crippen LogP contribution in [-0.4, -0.2) is 16.1 Å². The molecule has 0 spiro atoms. The minimum atomic E-state index is 0. The third-order valence-electron chi connectivity index (χ3n) is 3.56. The molecule has 3 nitrogen and oxygen atoms in total. The molecule has 0 saturated carbocycles. The van der Waals surface area contributed by atoms with E-state index in [0.717, 1.165) is 24.0 Å². The maximum Gasteiger partial charge on any atom is 1.00 e. The molecule has 0 radical (unpaired) electrons. The minimum absolute atomic E-state index is 0. The molecule has 0 bridgehead atoms. The Bertz CT molecular complexity index is 350. The second-order valence-electron chi connectivity index (χ2n) is 4.43. The summed E-state index contributed by atoms with van der Waals surface area (Å²) in [5.41, 5.74) is 6.02. The van der Waals surface area contributed by atoms with Gasteiger partial charge in [0.15, 0.2) is 0 Å².